The van der Waals surface area contributed by atoms with Gasteiger partial charge in [-0.1, -0.05) is 24.3 Å². The summed E-state index contributed by atoms with van der Waals surface area (Å²) in [6, 6.07) is 15.6. The van der Waals surface area contributed by atoms with Crippen molar-refractivity contribution in [3.8, 4) is 0 Å². The van der Waals surface area contributed by atoms with Gasteiger partial charge in [-0.3, -0.25) is 0 Å². The topological polar surface area (TPSA) is 41.6 Å². The summed E-state index contributed by atoms with van der Waals surface area (Å²) in [5, 5.41) is 3.28. The third-order valence-electron chi connectivity index (χ3n) is 3.27. The Morgan fingerprint density at radius 1 is 1.10 bits per heavy atom. The van der Waals surface area contributed by atoms with Gasteiger partial charge >= 0.3 is 5.97 Å². The molecule has 0 fully saturated rings. The van der Waals surface area contributed by atoms with E-state index >= 15 is 0 Å². The van der Waals surface area contributed by atoms with Crippen molar-refractivity contribution in [3.63, 3.8) is 0 Å². The average molecular weight is 284 g/mol. The number of rotatable bonds is 5. The molecule has 2 rings (SSSR count). The van der Waals surface area contributed by atoms with E-state index in [2.05, 4.69) is 34.5 Å². The van der Waals surface area contributed by atoms with Gasteiger partial charge in [-0.15, -0.1) is 0 Å². The van der Waals surface area contributed by atoms with Crippen molar-refractivity contribution in [1.29, 1.82) is 0 Å². The maximum atomic E-state index is 11.7. The third-order valence-corrected chi connectivity index (χ3v) is 3.27. The van der Waals surface area contributed by atoms with E-state index in [0.29, 0.717) is 12.1 Å². The molecule has 0 spiro atoms. The molecule has 0 saturated heterocycles. The Hall–Kier alpha value is -2.49. The molecule has 0 heterocycles. The van der Waals surface area contributed by atoms with Crippen molar-refractivity contribution in [2.45, 2.75) is 6.54 Å². The van der Waals surface area contributed by atoms with Crippen LogP contribution in [-0.2, 0) is 11.3 Å². The molecule has 0 radical (unpaired) electrons. The number of para-hydroxylation sites is 1. The minimum atomic E-state index is -0.332. The molecule has 4 nitrogen and oxygen atoms in total. The highest BCUT2D eigenvalue weighted by Crippen LogP contribution is 2.18. The molecule has 0 aromatic heterocycles. The third kappa shape index (κ3) is 3.75. The lowest BCUT2D eigenvalue weighted by Gasteiger charge is -2.14. The van der Waals surface area contributed by atoms with Gasteiger partial charge in [-0.25, -0.2) is 4.79 Å². The van der Waals surface area contributed by atoms with Crippen LogP contribution in [0.4, 0.5) is 11.4 Å². The van der Waals surface area contributed by atoms with E-state index in [4.69, 9.17) is 4.74 Å². The minimum absolute atomic E-state index is 0.332. The first-order chi connectivity index (χ1) is 10.1. The van der Waals surface area contributed by atoms with Crippen molar-refractivity contribution < 1.29 is 9.53 Å². The van der Waals surface area contributed by atoms with Crippen LogP contribution in [0.1, 0.15) is 15.9 Å². The molecule has 0 aliphatic rings. The van der Waals surface area contributed by atoms with Crippen LogP contribution in [-0.4, -0.2) is 27.2 Å². The van der Waals surface area contributed by atoms with Crippen molar-refractivity contribution in [3.05, 3.63) is 59.7 Å². The van der Waals surface area contributed by atoms with Crippen molar-refractivity contribution in [2.75, 3.05) is 31.4 Å². The summed E-state index contributed by atoms with van der Waals surface area (Å²) < 4.78 is 4.79. The van der Waals surface area contributed by atoms with Crippen LogP contribution in [0.3, 0.4) is 0 Å². The summed E-state index contributed by atoms with van der Waals surface area (Å²) in [6.07, 6.45) is 0. The van der Waals surface area contributed by atoms with Crippen LogP contribution < -0.4 is 10.2 Å². The molecule has 0 saturated carbocycles. The Balaban J connectivity index is 2.08. The quantitative estimate of drug-likeness (QED) is 0.856. The normalized spacial score (nSPS) is 10.0. The molecule has 0 atom stereocenters. The summed E-state index contributed by atoms with van der Waals surface area (Å²) in [7, 11) is 5.42. The first kappa shape index (κ1) is 14.9. The summed E-state index contributed by atoms with van der Waals surface area (Å²) in [6.45, 7) is 0.654. The molecule has 4 heteroatoms. The fourth-order valence-corrected chi connectivity index (χ4v) is 2.03. The summed E-state index contributed by atoms with van der Waals surface area (Å²) in [5.41, 5.74) is 3.64. The first-order valence-electron chi connectivity index (χ1n) is 6.79. The van der Waals surface area contributed by atoms with Gasteiger partial charge in [0.2, 0.25) is 0 Å². The summed E-state index contributed by atoms with van der Waals surface area (Å²) in [5.74, 6) is -0.332. The van der Waals surface area contributed by atoms with Crippen molar-refractivity contribution >= 4 is 17.3 Å². The van der Waals surface area contributed by atoms with Gasteiger partial charge in [0.15, 0.2) is 0 Å². The van der Waals surface area contributed by atoms with Crippen LogP contribution >= 0.6 is 0 Å². The largest absolute Gasteiger partial charge is 0.465 e. The zero-order valence-electron chi connectivity index (χ0n) is 12.6. The smallest absolute Gasteiger partial charge is 0.339 e. The Bertz CT molecular complexity index is 606. The molecule has 0 amide bonds. The van der Waals surface area contributed by atoms with Gasteiger partial charge in [0.1, 0.15) is 0 Å². The van der Waals surface area contributed by atoms with Crippen LogP contribution in [0, 0.1) is 0 Å². The molecule has 110 valence electrons. The second-order valence-electron chi connectivity index (χ2n) is 4.95. The highest BCUT2D eigenvalue weighted by atomic mass is 16.5. The highest BCUT2D eigenvalue weighted by molar-refractivity contribution is 5.95. The molecule has 0 unspecified atom stereocenters. The van der Waals surface area contributed by atoms with Crippen LogP contribution in [0.5, 0.6) is 0 Å². The lowest BCUT2D eigenvalue weighted by Crippen LogP contribution is -2.09. The fraction of sp³-hybridized carbons (Fsp3) is 0.235. The number of hydrogen-bond donors (Lipinski definition) is 1. The summed E-state index contributed by atoms with van der Waals surface area (Å²) in [4.78, 5) is 13.8. The summed E-state index contributed by atoms with van der Waals surface area (Å²) >= 11 is 0. The van der Waals surface area contributed by atoms with E-state index in [1.807, 2.05) is 32.3 Å². The molecule has 0 aliphatic carbocycles. The maximum Gasteiger partial charge on any atom is 0.339 e. The van der Waals surface area contributed by atoms with E-state index in [-0.39, 0.29) is 5.97 Å². The average Bonchev–Trinajstić information content (AvgIpc) is 2.52. The Kier molecular flexibility index (Phi) is 4.82. The molecule has 1 N–H and O–H groups in total. The number of nitrogens with one attached hydrogen (secondary N) is 1. The molecule has 2 aromatic carbocycles. The zero-order valence-corrected chi connectivity index (χ0v) is 12.6. The number of carbonyl (C=O) groups excluding carboxylic acids is 1. The predicted octanol–water partition coefficient (Wildman–Crippen LogP) is 3.15. The number of carbonyl (C=O) groups is 1. The van der Waals surface area contributed by atoms with Gasteiger partial charge in [0.05, 0.1) is 12.7 Å². The van der Waals surface area contributed by atoms with Gasteiger partial charge < -0.3 is 15.0 Å². The Morgan fingerprint density at radius 2 is 1.76 bits per heavy atom. The van der Waals surface area contributed by atoms with Gasteiger partial charge in [0, 0.05) is 32.0 Å². The standard InChI is InChI=1S/C17H20N2O2/c1-19(2)14-10-8-13(9-11-14)12-18-16-7-5-4-6-15(16)17(20)21-3/h4-11,18H,12H2,1-3H3. The van der Waals surface area contributed by atoms with Crippen molar-refractivity contribution in [1.82, 2.24) is 0 Å². The number of ether oxygens (including phenoxy) is 1. The highest BCUT2D eigenvalue weighted by Gasteiger charge is 2.10. The molecule has 0 bridgehead atoms. The maximum absolute atomic E-state index is 11.7. The number of methoxy groups -OCH3 is 1. The van der Waals surface area contributed by atoms with E-state index in [0.717, 1.165) is 16.9 Å². The van der Waals surface area contributed by atoms with E-state index < -0.39 is 0 Å². The van der Waals surface area contributed by atoms with Crippen molar-refractivity contribution in [2.24, 2.45) is 0 Å². The Labute approximate surface area is 125 Å². The van der Waals surface area contributed by atoms with E-state index in [1.54, 1.807) is 6.07 Å². The predicted molar refractivity (Wildman–Crippen MR) is 85.9 cm³/mol. The number of anilines is 2. The number of benzene rings is 2. The van der Waals surface area contributed by atoms with Crippen LogP contribution in [0.15, 0.2) is 48.5 Å². The molecule has 2 aromatic rings. The lowest BCUT2D eigenvalue weighted by molar-refractivity contribution is 0.0602. The monoisotopic (exact) mass is 284 g/mol. The number of hydrogen-bond acceptors (Lipinski definition) is 4. The van der Waals surface area contributed by atoms with Gasteiger partial charge in [-0.2, -0.15) is 0 Å². The zero-order chi connectivity index (χ0) is 15.2. The SMILES string of the molecule is COC(=O)c1ccccc1NCc1ccc(N(C)C)cc1. The van der Waals surface area contributed by atoms with E-state index in [9.17, 15) is 4.79 Å². The van der Waals surface area contributed by atoms with Crippen LogP contribution in [0.2, 0.25) is 0 Å². The van der Waals surface area contributed by atoms with E-state index in [1.165, 1.54) is 7.11 Å². The second-order valence-corrected chi connectivity index (χ2v) is 4.95. The van der Waals surface area contributed by atoms with Crippen LogP contribution in [0.25, 0.3) is 0 Å². The molecule has 0 aliphatic heterocycles. The minimum Gasteiger partial charge on any atom is -0.465 e. The van der Waals surface area contributed by atoms with Gasteiger partial charge in [-0.05, 0) is 29.8 Å². The fourth-order valence-electron chi connectivity index (χ4n) is 2.03. The Morgan fingerprint density at radius 3 is 2.38 bits per heavy atom. The molecular weight excluding hydrogens is 264 g/mol. The number of nitrogens with zero attached hydrogens (tertiary/aromatic N) is 1. The first-order valence-corrected chi connectivity index (χ1v) is 6.79. The second kappa shape index (κ2) is 6.79. The lowest BCUT2D eigenvalue weighted by atomic mass is 10.1. The van der Waals surface area contributed by atoms with Gasteiger partial charge in [0.25, 0.3) is 0 Å². The molecule has 21 heavy (non-hydrogen) atoms. The molecular formula is C17H20N2O2. The number of esters is 1.